The van der Waals surface area contributed by atoms with Crippen LogP contribution in [0.15, 0.2) is 16.3 Å². The number of methoxy groups -OCH3 is 1. The average molecular weight is 482 g/mol. The number of carbonyl (C=O) groups is 3. The van der Waals surface area contributed by atoms with Crippen LogP contribution < -0.4 is 5.73 Å². The Morgan fingerprint density at radius 1 is 1.44 bits per heavy atom. The Kier molecular flexibility index (Phi) is 5.97. The van der Waals surface area contributed by atoms with Crippen molar-refractivity contribution in [2.24, 2.45) is 5.73 Å². The minimum Gasteiger partial charge on any atom is -0.465 e. The predicted octanol–water partition coefficient (Wildman–Crippen LogP) is -0.650. The molecule has 0 spiro atoms. The topological polar surface area (TPSA) is 154 Å². The second-order valence-electron chi connectivity index (χ2n) is 8.00. The van der Waals surface area contributed by atoms with Gasteiger partial charge in [-0.25, -0.2) is 13.2 Å². The van der Waals surface area contributed by atoms with Gasteiger partial charge in [-0.15, -0.1) is 11.3 Å². The fourth-order valence-electron chi connectivity index (χ4n) is 4.65. The number of fused-ring (bicyclic) bond motifs is 2. The number of esters is 1. The van der Waals surface area contributed by atoms with Crippen molar-refractivity contribution >= 4 is 39.1 Å². The predicted molar refractivity (Wildman–Crippen MR) is 112 cm³/mol. The van der Waals surface area contributed by atoms with Gasteiger partial charge in [0.1, 0.15) is 27.9 Å². The number of nitriles is 1. The molecule has 2 amide bonds. The first-order valence-electron chi connectivity index (χ1n) is 10.1. The Balaban J connectivity index is 1.47. The number of rotatable bonds is 6. The number of piperazine rings is 1. The van der Waals surface area contributed by atoms with Gasteiger partial charge < -0.3 is 20.3 Å². The van der Waals surface area contributed by atoms with Crippen molar-refractivity contribution in [3.8, 4) is 6.07 Å². The van der Waals surface area contributed by atoms with E-state index in [1.807, 2.05) is 0 Å². The zero-order valence-electron chi connectivity index (χ0n) is 17.3. The van der Waals surface area contributed by atoms with E-state index in [4.69, 9.17) is 5.73 Å². The molecule has 11 nitrogen and oxygen atoms in total. The molecule has 13 heteroatoms. The summed E-state index contributed by atoms with van der Waals surface area (Å²) in [6.45, 7) is 0.480. The summed E-state index contributed by atoms with van der Waals surface area (Å²) in [4.78, 5) is 40.3. The van der Waals surface area contributed by atoms with Gasteiger partial charge in [0, 0.05) is 25.7 Å². The summed E-state index contributed by atoms with van der Waals surface area (Å²) >= 11 is 0.958. The van der Waals surface area contributed by atoms with E-state index >= 15 is 0 Å². The minimum atomic E-state index is -4.08. The zero-order chi connectivity index (χ0) is 23.2. The number of nitrogens with zero attached hydrogens (tertiary/aromatic N) is 4. The lowest BCUT2D eigenvalue weighted by Crippen LogP contribution is -2.57. The summed E-state index contributed by atoms with van der Waals surface area (Å²) in [5, 5.41) is 10.7. The molecule has 1 aromatic heterocycles. The Hall–Kier alpha value is -2.53. The average Bonchev–Trinajstić information content (AvgIpc) is 3.56. The van der Waals surface area contributed by atoms with Crippen LogP contribution in [0, 0.1) is 11.3 Å². The van der Waals surface area contributed by atoms with Gasteiger partial charge in [0.15, 0.2) is 0 Å². The highest BCUT2D eigenvalue weighted by molar-refractivity contribution is 7.89. The van der Waals surface area contributed by atoms with Crippen molar-refractivity contribution in [1.82, 2.24) is 14.1 Å². The summed E-state index contributed by atoms with van der Waals surface area (Å²) < 4.78 is 32.2. The van der Waals surface area contributed by atoms with Crippen LogP contribution in [0.2, 0.25) is 0 Å². The maximum Gasteiger partial charge on any atom is 0.349 e. The van der Waals surface area contributed by atoms with E-state index in [0.29, 0.717) is 19.4 Å². The number of amides is 2. The van der Waals surface area contributed by atoms with Crippen LogP contribution in [0.5, 0.6) is 0 Å². The molecule has 3 aliphatic heterocycles. The number of sulfonamides is 1. The molecular weight excluding hydrogens is 458 g/mol. The molecule has 0 saturated carbocycles. The lowest BCUT2D eigenvalue weighted by atomic mass is 10.2. The molecule has 0 aliphatic carbocycles. The van der Waals surface area contributed by atoms with E-state index in [9.17, 15) is 28.1 Å². The third kappa shape index (κ3) is 3.57. The summed E-state index contributed by atoms with van der Waals surface area (Å²) in [6.07, 6.45) is 1.62. The molecule has 172 valence electrons. The van der Waals surface area contributed by atoms with Gasteiger partial charge in [0.2, 0.25) is 21.8 Å². The molecule has 0 radical (unpaired) electrons. The largest absolute Gasteiger partial charge is 0.465 e. The number of likely N-dealkylation sites (tertiary alicyclic amines) is 2. The molecular formula is C19H23N5O6S2. The van der Waals surface area contributed by atoms with Crippen LogP contribution in [0.4, 0.5) is 0 Å². The first kappa shape index (κ1) is 22.7. The Labute approximate surface area is 189 Å². The van der Waals surface area contributed by atoms with Crippen LogP contribution in [-0.2, 0) is 24.3 Å². The standard InChI is InChI=1S/C19H23N5O6S2/c1-30-19(27)16-15(4-6-31-16)32(28,29)24-9-12-7-14(24)18(26)23(12)10-13(21)17(25)22-5-2-3-11(22)8-20/h4,6,11-14H,2-3,5,7,9-10,21H2,1H3/t11-,12+,13-,14+/m0/s1. The van der Waals surface area contributed by atoms with E-state index in [0.717, 1.165) is 22.1 Å². The fourth-order valence-corrected chi connectivity index (χ4v) is 7.59. The van der Waals surface area contributed by atoms with E-state index < -0.39 is 46.1 Å². The van der Waals surface area contributed by atoms with Gasteiger partial charge in [-0.3, -0.25) is 9.59 Å². The van der Waals surface area contributed by atoms with E-state index in [2.05, 4.69) is 10.8 Å². The van der Waals surface area contributed by atoms with Crippen LogP contribution in [-0.4, -0.2) is 91.2 Å². The molecule has 3 fully saturated rings. The fraction of sp³-hybridized carbons (Fsp3) is 0.579. The first-order chi connectivity index (χ1) is 15.2. The molecule has 32 heavy (non-hydrogen) atoms. The molecule has 0 aromatic carbocycles. The Bertz CT molecular complexity index is 1100. The van der Waals surface area contributed by atoms with E-state index in [1.54, 1.807) is 0 Å². The second-order valence-corrected chi connectivity index (χ2v) is 10.8. The van der Waals surface area contributed by atoms with Crippen molar-refractivity contribution < 1.29 is 27.5 Å². The number of hydrogen-bond donors (Lipinski definition) is 1. The smallest absolute Gasteiger partial charge is 0.349 e. The third-order valence-corrected chi connectivity index (χ3v) is 9.17. The molecule has 4 heterocycles. The Morgan fingerprint density at radius 3 is 2.84 bits per heavy atom. The highest BCUT2D eigenvalue weighted by Gasteiger charge is 2.55. The zero-order valence-corrected chi connectivity index (χ0v) is 19.0. The van der Waals surface area contributed by atoms with E-state index in [1.165, 1.54) is 28.4 Å². The van der Waals surface area contributed by atoms with Crippen molar-refractivity contribution in [3.63, 3.8) is 0 Å². The highest BCUT2D eigenvalue weighted by atomic mass is 32.2. The third-order valence-electron chi connectivity index (χ3n) is 6.22. The second kappa shape index (κ2) is 8.43. The van der Waals surface area contributed by atoms with Crippen molar-refractivity contribution in [3.05, 3.63) is 16.3 Å². The number of ether oxygens (including phenoxy) is 1. The number of thiophene rings is 1. The van der Waals surface area contributed by atoms with Gasteiger partial charge in [0.25, 0.3) is 0 Å². The van der Waals surface area contributed by atoms with Crippen LogP contribution in [0.25, 0.3) is 0 Å². The van der Waals surface area contributed by atoms with Gasteiger partial charge in [0.05, 0.1) is 13.2 Å². The van der Waals surface area contributed by atoms with E-state index in [-0.39, 0.29) is 28.8 Å². The normalized spacial score (nSPS) is 26.4. The molecule has 2 N–H and O–H groups in total. The SMILES string of the molecule is COC(=O)c1sccc1S(=O)(=O)N1C[C@H]2C[C@@H]1C(=O)N2C[C@H](N)C(=O)N1CCC[C@H]1C#N. The highest BCUT2D eigenvalue weighted by Crippen LogP contribution is 2.37. The van der Waals surface area contributed by atoms with Gasteiger partial charge in [-0.2, -0.15) is 9.57 Å². The number of nitrogens with two attached hydrogens (primary N) is 1. The van der Waals surface area contributed by atoms with Crippen molar-refractivity contribution in [1.29, 1.82) is 5.26 Å². The van der Waals surface area contributed by atoms with Gasteiger partial charge >= 0.3 is 5.97 Å². The molecule has 0 unspecified atom stereocenters. The van der Waals surface area contributed by atoms with Crippen molar-refractivity contribution in [2.45, 2.75) is 48.3 Å². The first-order valence-corrected chi connectivity index (χ1v) is 12.5. The molecule has 4 atom stereocenters. The van der Waals surface area contributed by atoms with Gasteiger partial charge in [-0.1, -0.05) is 0 Å². The molecule has 2 bridgehead atoms. The van der Waals surface area contributed by atoms with Crippen LogP contribution in [0.1, 0.15) is 28.9 Å². The Morgan fingerprint density at radius 2 is 2.19 bits per heavy atom. The number of hydrogen-bond acceptors (Lipinski definition) is 9. The maximum atomic E-state index is 13.2. The maximum absolute atomic E-state index is 13.2. The lowest BCUT2D eigenvalue weighted by Gasteiger charge is -2.35. The molecule has 1 aromatic rings. The molecule has 4 rings (SSSR count). The summed E-state index contributed by atoms with van der Waals surface area (Å²) in [6, 6.07) is 0.618. The monoisotopic (exact) mass is 481 g/mol. The van der Waals surface area contributed by atoms with Gasteiger partial charge in [-0.05, 0) is 30.7 Å². The number of carbonyl (C=O) groups excluding carboxylic acids is 3. The molecule has 3 saturated heterocycles. The summed E-state index contributed by atoms with van der Waals surface area (Å²) in [5.41, 5.74) is 6.08. The van der Waals surface area contributed by atoms with Crippen LogP contribution in [0.3, 0.4) is 0 Å². The quantitative estimate of drug-likeness (QED) is 0.526. The minimum absolute atomic E-state index is 0.0345. The van der Waals surface area contributed by atoms with Crippen molar-refractivity contribution in [2.75, 3.05) is 26.7 Å². The van der Waals surface area contributed by atoms with Crippen LogP contribution >= 0.6 is 11.3 Å². The lowest BCUT2D eigenvalue weighted by molar-refractivity contribution is -0.137. The summed E-state index contributed by atoms with van der Waals surface area (Å²) in [7, 11) is -2.91. The summed E-state index contributed by atoms with van der Waals surface area (Å²) in [5.74, 6) is -1.55. The molecule has 3 aliphatic rings.